The van der Waals surface area contributed by atoms with Gasteiger partial charge in [-0.1, -0.05) is 32.0 Å². The summed E-state index contributed by atoms with van der Waals surface area (Å²) in [5, 5.41) is 7.64. The molecule has 3 heterocycles. The summed E-state index contributed by atoms with van der Waals surface area (Å²) in [5.74, 6) is 0.748. The van der Waals surface area contributed by atoms with E-state index in [1.54, 1.807) is 10.9 Å². The molecule has 0 radical (unpaired) electrons. The predicted octanol–water partition coefficient (Wildman–Crippen LogP) is 3.36. The normalized spacial score (nSPS) is 14.4. The lowest BCUT2D eigenvalue weighted by atomic mass is 9.95. The zero-order valence-electron chi connectivity index (χ0n) is 20.8. The summed E-state index contributed by atoms with van der Waals surface area (Å²) in [6.07, 6.45) is 7.81. The molecule has 0 atom stereocenters. The second kappa shape index (κ2) is 11.8. The van der Waals surface area contributed by atoms with Gasteiger partial charge in [0, 0.05) is 37.9 Å². The molecule has 1 aromatic carbocycles. The Bertz CT molecular complexity index is 1080. The van der Waals surface area contributed by atoms with Crippen LogP contribution in [0, 0.1) is 5.92 Å². The van der Waals surface area contributed by atoms with Crippen LogP contribution < -0.4 is 5.32 Å². The maximum atomic E-state index is 13.5. The molecule has 1 N–H and O–H groups in total. The van der Waals surface area contributed by atoms with Gasteiger partial charge in [-0.3, -0.25) is 9.59 Å². The van der Waals surface area contributed by atoms with Crippen LogP contribution in [-0.2, 0) is 4.79 Å². The van der Waals surface area contributed by atoms with Crippen LogP contribution in [0.4, 0.5) is 0 Å². The van der Waals surface area contributed by atoms with Crippen molar-refractivity contribution in [2.75, 3.05) is 39.3 Å². The number of nitrogens with one attached hydrogen (secondary N) is 1. The van der Waals surface area contributed by atoms with E-state index in [1.165, 1.54) is 0 Å². The van der Waals surface area contributed by atoms with Gasteiger partial charge in [0.05, 0.1) is 11.9 Å². The molecule has 8 nitrogen and oxygen atoms in total. The summed E-state index contributed by atoms with van der Waals surface area (Å²) >= 11 is 0. The Morgan fingerprint density at radius 3 is 2.37 bits per heavy atom. The fraction of sp³-hybridized carbons (Fsp3) is 0.444. The van der Waals surface area contributed by atoms with E-state index in [1.807, 2.05) is 64.3 Å². The quantitative estimate of drug-likeness (QED) is 0.456. The first-order valence-corrected chi connectivity index (χ1v) is 12.7. The van der Waals surface area contributed by atoms with E-state index in [2.05, 4.69) is 29.2 Å². The van der Waals surface area contributed by atoms with Gasteiger partial charge >= 0.3 is 0 Å². The number of nitrogens with zero attached hydrogens (tertiary/aromatic N) is 5. The number of para-hydroxylation sites is 1. The van der Waals surface area contributed by atoms with Gasteiger partial charge in [0.15, 0.2) is 5.82 Å². The zero-order chi connectivity index (χ0) is 24.6. The van der Waals surface area contributed by atoms with Crippen molar-refractivity contribution in [1.29, 1.82) is 0 Å². The first-order chi connectivity index (χ1) is 17.1. The molecule has 8 heteroatoms. The number of amides is 2. The molecular formula is C27H36N6O2. The molecule has 0 bridgehead atoms. The standard InChI is InChI=1S/C27H36N6O2/c1-3-30(4-2)16-10-15-28-25(34)22-13-19-32(20-14-22)27(35)24-21-29-33(23-11-6-5-7-12-23)26(24)31-17-8-9-18-31/h5-9,11-12,17-18,21-22H,3-4,10,13-16,19-20H2,1-2H3,(H,28,34). The van der Waals surface area contributed by atoms with E-state index in [4.69, 9.17) is 0 Å². The maximum absolute atomic E-state index is 13.5. The average molecular weight is 477 g/mol. The molecule has 1 fully saturated rings. The van der Waals surface area contributed by atoms with Gasteiger partial charge in [0.2, 0.25) is 5.91 Å². The first-order valence-electron chi connectivity index (χ1n) is 12.7. The topological polar surface area (TPSA) is 75.4 Å². The highest BCUT2D eigenvalue weighted by Crippen LogP contribution is 2.24. The second-order valence-corrected chi connectivity index (χ2v) is 8.96. The van der Waals surface area contributed by atoms with E-state index in [9.17, 15) is 9.59 Å². The Hall–Kier alpha value is -3.39. The first kappa shape index (κ1) is 24.7. The van der Waals surface area contributed by atoms with Gasteiger partial charge in [-0.05, 0) is 63.2 Å². The van der Waals surface area contributed by atoms with E-state index in [0.29, 0.717) is 38.0 Å². The third-order valence-electron chi connectivity index (χ3n) is 6.82. The van der Waals surface area contributed by atoms with Gasteiger partial charge in [-0.2, -0.15) is 5.10 Å². The highest BCUT2D eigenvalue weighted by Gasteiger charge is 2.30. The number of aromatic nitrogens is 3. The van der Waals surface area contributed by atoms with Crippen molar-refractivity contribution < 1.29 is 9.59 Å². The summed E-state index contributed by atoms with van der Waals surface area (Å²) in [6.45, 7) is 9.22. The van der Waals surface area contributed by atoms with E-state index in [-0.39, 0.29) is 17.7 Å². The summed E-state index contributed by atoms with van der Waals surface area (Å²) in [4.78, 5) is 30.4. The van der Waals surface area contributed by atoms with Gasteiger partial charge in [0.1, 0.15) is 5.56 Å². The lowest BCUT2D eigenvalue weighted by Gasteiger charge is -2.31. The highest BCUT2D eigenvalue weighted by atomic mass is 16.2. The predicted molar refractivity (Wildman–Crippen MR) is 137 cm³/mol. The lowest BCUT2D eigenvalue weighted by molar-refractivity contribution is -0.126. The van der Waals surface area contributed by atoms with E-state index < -0.39 is 0 Å². The van der Waals surface area contributed by atoms with Crippen molar-refractivity contribution in [2.45, 2.75) is 33.1 Å². The molecule has 2 amide bonds. The summed E-state index contributed by atoms with van der Waals surface area (Å²) in [6, 6.07) is 13.7. The number of piperidine rings is 1. The molecular weight excluding hydrogens is 440 g/mol. The third-order valence-corrected chi connectivity index (χ3v) is 6.82. The van der Waals surface area contributed by atoms with Crippen LogP contribution in [0.25, 0.3) is 11.5 Å². The Morgan fingerprint density at radius 1 is 1.03 bits per heavy atom. The molecule has 0 spiro atoms. The minimum absolute atomic E-state index is 0.0385. The number of carbonyl (C=O) groups is 2. The van der Waals surface area contributed by atoms with Crippen molar-refractivity contribution in [3.63, 3.8) is 0 Å². The Kier molecular flexibility index (Phi) is 8.36. The fourth-order valence-corrected chi connectivity index (χ4v) is 4.69. The van der Waals surface area contributed by atoms with Gasteiger partial charge in [0.25, 0.3) is 5.91 Å². The monoisotopic (exact) mass is 476 g/mol. The number of carbonyl (C=O) groups excluding carboxylic acids is 2. The van der Waals surface area contributed by atoms with Crippen molar-refractivity contribution >= 4 is 11.8 Å². The summed E-state index contributed by atoms with van der Waals surface area (Å²) in [5.41, 5.74) is 1.45. The van der Waals surface area contributed by atoms with Crippen molar-refractivity contribution in [3.05, 3.63) is 66.6 Å². The van der Waals surface area contributed by atoms with Crippen molar-refractivity contribution in [1.82, 2.24) is 29.5 Å². The molecule has 3 aromatic rings. The van der Waals surface area contributed by atoms with Crippen LogP contribution in [0.1, 0.15) is 43.5 Å². The lowest BCUT2D eigenvalue weighted by Crippen LogP contribution is -2.43. The van der Waals surface area contributed by atoms with E-state index >= 15 is 0 Å². The third kappa shape index (κ3) is 5.82. The molecule has 186 valence electrons. The smallest absolute Gasteiger partial charge is 0.259 e. The largest absolute Gasteiger partial charge is 0.356 e. The zero-order valence-corrected chi connectivity index (χ0v) is 20.8. The Balaban J connectivity index is 1.38. The number of rotatable bonds is 10. The van der Waals surface area contributed by atoms with Crippen molar-refractivity contribution in [3.8, 4) is 11.5 Å². The molecule has 0 unspecified atom stereocenters. The van der Waals surface area contributed by atoms with Crippen LogP contribution in [0.15, 0.2) is 61.1 Å². The van der Waals surface area contributed by atoms with Crippen LogP contribution in [0.2, 0.25) is 0 Å². The second-order valence-electron chi connectivity index (χ2n) is 8.96. The Labute approximate surface area is 207 Å². The minimum atomic E-state index is -0.0473. The van der Waals surface area contributed by atoms with Crippen LogP contribution in [0.5, 0.6) is 0 Å². The molecule has 1 aliphatic heterocycles. The molecule has 2 aromatic heterocycles. The Morgan fingerprint density at radius 2 is 1.71 bits per heavy atom. The summed E-state index contributed by atoms with van der Waals surface area (Å²) < 4.78 is 3.72. The van der Waals surface area contributed by atoms with E-state index in [0.717, 1.165) is 37.6 Å². The van der Waals surface area contributed by atoms with Gasteiger partial charge in [-0.25, -0.2) is 4.68 Å². The molecule has 4 rings (SSSR count). The molecule has 0 saturated carbocycles. The highest BCUT2D eigenvalue weighted by molar-refractivity contribution is 5.97. The fourth-order valence-electron chi connectivity index (χ4n) is 4.69. The van der Waals surface area contributed by atoms with Gasteiger partial charge in [-0.15, -0.1) is 0 Å². The molecule has 1 saturated heterocycles. The van der Waals surface area contributed by atoms with Crippen molar-refractivity contribution in [2.24, 2.45) is 5.92 Å². The van der Waals surface area contributed by atoms with Crippen LogP contribution in [0.3, 0.4) is 0 Å². The molecule has 35 heavy (non-hydrogen) atoms. The van der Waals surface area contributed by atoms with Gasteiger partial charge < -0.3 is 19.7 Å². The number of hydrogen-bond acceptors (Lipinski definition) is 4. The average Bonchev–Trinajstić information content (AvgIpc) is 3.59. The van der Waals surface area contributed by atoms with Crippen LogP contribution in [-0.4, -0.2) is 75.2 Å². The maximum Gasteiger partial charge on any atom is 0.259 e. The molecule has 1 aliphatic rings. The number of likely N-dealkylation sites (tertiary alicyclic amines) is 1. The number of benzene rings is 1. The van der Waals surface area contributed by atoms with Crippen LogP contribution >= 0.6 is 0 Å². The molecule has 0 aliphatic carbocycles. The number of hydrogen-bond donors (Lipinski definition) is 1. The minimum Gasteiger partial charge on any atom is -0.356 e. The summed E-state index contributed by atoms with van der Waals surface area (Å²) in [7, 11) is 0. The SMILES string of the molecule is CCN(CC)CCCNC(=O)C1CCN(C(=O)c2cnn(-c3ccccc3)c2-n2cccc2)CC1.